The Balaban J connectivity index is 2.85. The van der Waals surface area contributed by atoms with Gasteiger partial charge >= 0.3 is 0 Å². The highest BCUT2D eigenvalue weighted by atomic mass is 32.2. The lowest BCUT2D eigenvalue weighted by Gasteiger charge is -2.00. The zero-order valence-electron chi connectivity index (χ0n) is 6.80. The predicted octanol–water partition coefficient (Wildman–Crippen LogP) is 3.06. The molecule has 0 heterocycles. The van der Waals surface area contributed by atoms with Gasteiger partial charge in [-0.3, -0.25) is 0 Å². The van der Waals surface area contributed by atoms with Crippen LogP contribution in [-0.4, -0.2) is 0 Å². The first kappa shape index (κ1) is 9.19. The van der Waals surface area contributed by atoms with Crippen molar-refractivity contribution >= 4 is 10.0 Å². The minimum absolute atomic E-state index is 0.0900. The molecule has 0 saturated heterocycles. The number of benzene rings is 1. The van der Waals surface area contributed by atoms with Gasteiger partial charge in [0.2, 0.25) is 0 Å². The molecule has 0 amide bonds. The molecule has 0 aliphatic carbocycles. The molecule has 0 aromatic heterocycles. The Hall–Kier alpha value is -0.900. The lowest BCUT2D eigenvalue weighted by atomic mass is 10.2. The maximum absolute atomic E-state index is 12.6. The molecular formula is C8H11FN2S. The molecule has 0 aliphatic rings. The molecule has 0 saturated carbocycles. The van der Waals surface area contributed by atoms with E-state index in [1.165, 1.54) is 0 Å². The van der Waals surface area contributed by atoms with Crippen molar-refractivity contribution < 1.29 is 3.89 Å². The molecule has 1 rings (SSSR count). The molecule has 12 heavy (non-hydrogen) atoms. The highest BCUT2D eigenvalue weighted by Crippen LogP contribution is 2.09. The van der Waals surface area contributed by atoms with E-state index in [-0.39, 0.29) is 5.75 Å². The largest absolute Gasteiger partial charge is 0.243 e. The normalized spacial score (nSPS) is 11.5. The summed E-state index contributed by atoms with van der Waals surface area (Å²) in [6.45, 7) is 1.95. The van der Waals surface area contributed by atoms with Gasteiger partial charge < -0.3 is 0 Å². The van der Waals surface area contributed by atoms with Crippen LogP contribution in [0.2, 0.25) is 0 Å². The Labute approximate surface area is 72.1 Å². The predicted molar refractivity (Wildman–Crippen MR) is 48.8 cm³/mol. The van der Waals surface area contributed by atoms with Crippen LogP contribution in [0.1, 0.15) is 11.1 Å². The molecule has 0 atom stereocenters. The van der Waals surface area contributed by atoms with E-state index in [0.29, 0.717) is 0 Å². The number of hydrogen-bond acceptors (Lipinski definition) is 2. The van der Waals surface area contributed by atoms with E-state index in [1.807, 2.05) is 19.1 Å². The summed E-state index contributed by atoms with van der Waals surface area (Å²) in [7, 11) is -3.39. The van der Waals surface area contributed by atoms with Crippen LogP contribution in [-0.2, 0) is 15.8 Å². The first-order valence-electron chi connectivity index (χ1n) is 3.53. The highest BCUT2D eigenvalue weighted by molar-refractivity contribution is 7.87. The van der Waals surface area contributed by atoms with Crippen LogP contribution < -0.4 is 0 Å². The summed E-state index contributed by atoms with van der Waals surface area (Å²) >= 11 is 0. The fraction of sp³-hybridized carbons (Fsp3) is 0.250. The third kappa shape index (κ3) is 3.00. The Morgan fingerprint density at radius 3 is 2.17 bits per heavy atom. The Bertz CT molecular complexity index is 353. The molecule has 0 bridgehead atoms. The van der Waals surface area contributed by atoms with Crippen LogP contribution in [0.3, 0.4) is 0 Å². The summed E-state index contributed by atoms with van der Waals surface area (Å²) in [6, 6.07) is 7.25. The monoisotopic (exact) mass is 186 g/mol. The summed E-state index contributed by atoms with van der Waals surface area (Å²) in [4.78, 5) is 0. The van der Waals surface area contributed by atoms with E-state index in [9.17, 15) is 3.89 Å². The van der Waals surface area contributed by atoms with E-state index < -0.39 is 10.0 Å². The highest BCUT2D eigenvalue weighted by Gasteiger charge is 1.99. The lowest BCUT2D eigenvalue weighted by molar-refractivity contribution is 0.883. The summed E-state index contributed by atoms with van der Waals surface area (Å²) in [5.74, 6) is -0.0900. The third-order valence-corrected chi connectivity index (χ3v) is 2.22. The fourth-order valence-electron chi connectivity index (χ4n) is 0.914. The maximum Gasteiger partial charge on any atom is 0.0951 e. The van der Waals surface area contributed by atoms with Crippen molar-refractivity contribution in [3.05, 3.63) is 35.4 Å². The first-order chi connectivity index (χ1) is 5.47. The molecule has 66 valence electrons. The third-order valence-electron chi connectivity index (χ3n) is 1.49. The maximum atomic E-state index is 12.6. The molecular weight excluding hydrogens is 175 g/mol. The Kier molecular flexibility index (Phi) is 2.47. The van der Waals surface area contributed by atoms with Crippen molar-refractivity contribution in [2.24, 2.45) is 0 Å². The number of halogens is 1. The second-order valence-electron chi connectivity index (χ2n) is 2.78. The molecule has 0 fully saturated rings. The Morgan fingerprint density at radius 1 is 1.25 bits per heavy atom. The fourth-order valence-corrected chi connectivity index (χ4v) is 1.57. The average Bonchev–Trinajstić information content (AvgIpc) is 1.91. The van der Waals surface area contributed by atoms with E-state index in [1.54, 1.807) is 12.1 Å². The molecule has 4 heteroatoms. The van der Waals surface area contributed by atoms with E-state index >= 15 is 0 Å². The van der Waals surface area contributed by atoms with E-state index in [0.717, 1.165) is 11.1 Å². The number of nitrogens with one attached hydrogen (secondary N) is 2. The molecule has 2 N–H and O–H groups in total. The number of aryl methyl sites for hydroxylation is 1. The standard InChI is InChI=1S/C8H11FN2S/c1-7-2-4-8(5-3-7)6-12(9,10)11/h2-5,10-11H,6H2,1H3. The van der Waals surface area contributed by atoms with Crippen molar-refractivity contribution in [2.75, 3.05) is 0 Å². The molecule has 1 aromatic rings. The molecule has 0 radical (unpaired) electrons. The Morgan fingerprint density at radius 2 is 1.75 bits per heavy atom. The second-order valence-corrected chi connectivity index (χ2v) is 4.38. The number of rotatable bonds is 2. The lowest BCUT2D eigenvalue weighted by Crippen LogP contribution is -1.91. The van der Waals surface area contributed by atoms with Gasteiger partial charge in [0, 0.05) is 0 Å². The molecule has 1 aromatic carbocycles. The molecule has 0 aliphatic heterocycles. The van der Waals surface area contributed by atoms with E-state index in [2.05, 4.69) is 0 Å². The van der Waals surface area contributed by atoms with Crippen molar-refractivity contribution in [2.45, 2.75) is 12.7 Å². The molecule has 0 spiro atoms. The first-order valence-corrected chi connectivity index (χ1v) is 5.23. The van der Waals surface area contributed by atoms with Crippen molar-refractivity contribution in [3.8, 4) is 0 Å². The zero-order chi connectivity index (χ0) is 9.19. The smallest absolute Gasteiger partial charge is 0.0951 e. The number of hydrogen-bond donors (Lipinski definition) is 2. The van der Waals surface area contributed by atoms with Crippen molar-refractivity contribution in [3.63, 3.8) is 0 Å². The van der Waals surface area contributed by atoms with Crippen LogP contribution >= 0.6 is 0 Å². The minimum Gasteiger partial charge on any atom is -0.243 e. The van der Waals surface area contributed by atoms with Gasteiger partial charge in [0.25, 0.3) is 0 Å². The van der Waals surface area contributed by atoms with Gasteiger partial charge in [-0.15, -0.1) is 3.89 Å². The van der Waals surface area contributed by atoms with Crippen LogP contribution in [0, 0.1) is 16.5 Å². The minimum atomic E-state index is -3.39. The zero-order valence-corrected chi connectivity index (χ0v) is 7.62. The van der Waals surface area contributed by atoms with Gasteiger partial charge in [-0.2, -0.15) is 0 Å². The van der Waals surface area contributed by atoms with Gasteiger partial charge in [-0.25, -0.2) is 9.56 Å². The van der Waals surface area contributed by atoms with Crippen molar-refractivity contribution in [1.82, 2.24) is 0 Å². The van der Waals surface area contributed by atoms with Gasteiger partial charge in [0.15, 0.2) is 0 Å². The summed E-state index contributed by atoms with van der Waals surface area (Å²) < 4.78 is 26.2. The van der Waals surface area contributed by atoms with Gasteiger partial charge in [-0.1, -0.05) is 29.8 Å². The van der Waals surface area contributed by atoms with Crippen molar-refractivity contribution in [1.29, 1.82) is 9.56 Å². The summed E-state index contributed by atoms with van der Waals surface area (Å²) in [5, 5.41) is 0. The topological polar surface area (TPSA) is 47.7 Å². The summed E-state index contributed by atoms with van der Waals surface area (Å²) in [5.41, 5.74) is 1.83. The van der Waals surface area contributed by atoms with Crippen LogP contribution in [0.15, 0.2) is 24.3 Å². The van der Waals surface area contributed by atoms with Gasteiger partial charge in [-0.05, 0) is 12.5 Å². The average molecular weight is 186 g/mol. The van der Waals surface area contributed by atoms with E-state index in [4.69, 9.17) is 9.56 Å². The second kappa shape index (κ2) is 3.23. The molecule has 2 nitrogen and oxygen atoms in total. The summed E-state index contributed by atoms with van der Waals surface area (Å²) in [6.07, 6.45) is 0. The molecule has 0 unspecified atom stereocenters. The van der Waals surface area contributed by atoms with Crippen LogP contribution in [0.25, 0.3) is 0 Å². The van der Waals surface area contributed by atoms with Crippen LogP contribution in [0.5, 0.6) is 0 Å². The van der Waals surface area contributed by atoms with Gasteiger partial charge in [0.1, 0.15) is 0 Å². The quantitative estimate of drug-likeness (QED) is 0.713. The SMILES string of the molecule is Cc1ccc(CS(=N)(=N)F)cc1. The van der Waals surface area contributed by atoms with Crippen LogP contribution in [0.4, 0.5) is 3.89 Å². The van der Waals surface area contributed by atoms with Gasteiger partial charge in [0.05, 0.1) is 15.8 Å².